The molecule has 0 bridgehead atoms. The molecule has 0 N–H and O–H groups in total. The average molecular weight is 190 g/mol. The molecule has 0 aliphatic rings. The van der Waals surface area contributed by atoms with Crippen molar-refractivity contribution < 1.29 is 8.22 Å². The fourth-order valence-corrected chi connectivity index (χ4v) is 1.10. The summed E-state index contributed by atoms with van der Waals surface area (Å²) in [6.45, 7) is 4.85. The van der Waals surface area contributed by atoms with Crippen LogP contribution in [-0.4, -0.2) is 0 Å². The lowest BCUT2D eigenvalue weighted by atomic mass is 9.92. The molecule has 0 aliphatic heterocycles. The Labute approximate surface area is 93.5 Å². The molecule has 13 heavy (non-hydrogen) atoms. The Kier molecular flexibility index (Phi) is 3.29. The van der Waals surface area contributed by atoms with E-state index < -0.39 is 25.0 Å². The van der Waals surface area contributed by atoms with Crippen molar-refractivity contribution in [3.63, 3.8) is 0 Å². The number of hydrogen-bond donors (Lipinski definition) is 0. The minimum atomic E-state index is -2.61. The van der Waals surface area contributed by atoms with Crippen LogP contribution >= 0.6 is 0 Å². The minimum absolute atomic E-state index is 0.139. The van der Waals surface area contributed by atoms with Gasteiger partial charge in [-0.15, -0.1) is 0 Å². The van der Waals surface area contributed by atoms with Crippen molar-refractivity contribution in [3.8, 4) is 0 Å². The average Bonchev–Trinajstić information content (AvgIpc) is 2.20. The van der Waals surface area contributed by atoms with Crippen LogP contribution in [0.25, 0.3) is 0 Å². The van der Waals surface area contributed by atoms with Crippen LogP contribution < -0.4 is 0 Å². The smallest absolute Gasteiger partial charge is 0.0302 e. The predicted octanol–water partition coefficient (Wildman–Crippen LogP) is 4.89. The number of rotatable bonds is 7. The third kappa shape index (κ3) is 8.33. The fraction of sp³-hybridized carbons (Fsp3) is 1.00. The van der Waals surface area contributed by atoms with E-state index in [-0.39, 0.29) is 6.42 Å². The second-order valence-electron chi connectivity index (χ2n) is 4.38. The van der Waals surface area contributed by atoms with Gasteiger partial charge in [-0.3, -0.25) is 0 Å². The first-order valence-corrected chi connectivity index (χ1v) is 5.36. The van der Waals surface area contributed by atoms with Crippen LogP contribution in [0.1, 0.15) is 74.8 Å². The maximum Gasteiger partial charge on any atom is 0.0302 e. The third-order valence-corrected chi connectivity index (χ3v) is 2.10. The lowest BCUT2D eigenvalue weighted by Crippen LogP contribution is -2.03. The van der Waals surface area contributed by atoms with E-state index in [0.29, 0.717) is 12.3 Å². The van der Waals surface area contributed by atoms with E-state index >= 15 is 0 Å². The van der Waals surface area contributed by atoms with Crippen molar-refractivity contribution in [1.82, 2.24) is 0 Å². The summed E-state index contributed by atoms with van der Waals surface area (Å²) >= 11 is 0. The fourth-order valence-electron chi connectivity index (χ4n) is 1.10. The van der Waals surface area contributed by atoms with E-state index in [0.717, 1.165) is 12.8 Å². The highest BCUT2D eigenvalue weighted by Gasteiger charge is 2.05. The molecule has 1 unspecified atom stereocenters. The van der Waals surface area contributed by atoms with Crippen LogP contribution in [0.4, 0.5) is 0 Å². The van der Waals surface area contributed by atoms with Crippen LogP contribution in [0.3, 0.4) is 0 Å². The van der Waals surface area contributed by atoms with Gasteiger partial charge in [0.15, 0.2) is 0 Å². The van der Waals surface area contributed by atoms with Crippen molar-refractivity contribution in [2.24, 2.45) is 17.7 Å². The monoisotopic (exact) mass is 190 g/mol. The summed E-state index contributed by atoms with van der Waals surface area (Å²) in [6.07, 6.45) is 0.667. The van der Waals surface area contributed by atoms with Crippen LogP contribution in [0, 0.1) is 17.7 Å². The number of unbranched alkanes of at least 4 members (excludes halogenated alkanes) is 1. The molecule has 0 rings (SSSR count). The molecule has 0 amide bonds. The minimum Gasteiger partial charge on any atom is -0.0628 e. The van der Waals surface area contributed by atoms with Gasteiger partial charge in [0.1, 0.15) is 0 Å². The van der Waals surface area contributed by atoms with Gasteiger partial charge in [-0.05, 0) is 17.7 Å². The Morgan fingerprint density at radius 2 is 1.85 bits per heavy atom. The zero-order valence-electron chi connectivity index (χ0n) is 15.5. The molecule has 0 saturated carbocycles. The Balaban J connectivity index is 4.83. The van der Waals surface area contributed by atoms with Gasteiger partial charge in [-0.25, -0.2) is 0 Å². The van der Waals surface area contributed by atoms with E-state index in [2.05, 4.69) is 13.8 Å². The van der Waals surface area contributed by atoms with Gasteiger partial charge < -0.3 is 0 Å². The topological polar surface area (TPSA) is 0 Å². The number of hydrogen-bond acceptors (Lipinski definition) is 0. The molecular formula is C13H28. The Bertz CT molecular complexity index is 269. The maximum atomic E-state index is 8.21. The Morgan fingerprint density at radius 1 is 1.15 bits per heavy atom. The maximum absolute atomic E-state index is 8.21. The van der Waals surface area contributed by atoms with Gasteiger partial charge in [-0.2, -0.15) is 0 Å². The summed E-state index contributed by atoms with van der Waals surface area (Å²) in [4.78, 5) is 0. The van der Waals surface area contributed by atoms with Crippen LogP contribution in [0.2, 0.25) is 0 Å². The van der Waals surface area contributed by atoms with Crippen molar-refractivity contribution in [2.45, 2.75) is 66.6 Å². The molecule has 0 aliphatic carbocycles. The lowest BCUT2D eigenvalue weighted by Gasteiger charge is -2.14. The van der Waals surface area contributed by atoms with E-state index in [1.54, 1.807) is 13.8 Å². The summed E-state index contributed by atoms with van der Waals surface area (Å²) in [5.74, 6) is -2.03. The zero-order valence-corrected chi connectivity index (χ0v) is 9.48. The molecule has 80 valence electrons. The summed E-state index contributed by atoms with van der Waals surface area (Å²) in [5.41, 5.74) is 0. The van der Waals surface area contributed by atoms with E-state index in [1.807, 2.05) is 0 Å². The first kappa shape index (κ1) is 5.78. The van der Waals surface area contributed by atoms with Gasteiger partial charge in [0.25, 0.3) is 0 Å². The highest BCUT2D eigenvalue weighted by atomic mass is 14.1. The predicted molar refractivity (Wildman–Crippen MR) is 61.9 cm³/mol. The van der Waals surface area contributed by atoms with Crippen molar-refractivity contribution in [2.75, 3.05) is 0 Å². The summed E-state index contributed by atoms with van der Waals surface area (Å²) in [7, 11) is 0. The van der Waals surface area contributed by atoms with Crippen molar-refractivity contribution >= 4 is 0 Å². The second kappa shape index (κ2) is 7.41. The summed E-state index contributed by atoms with van der Waals surface area (Å²) in [6, 6.07) is 0. The van der Waals surface area contributed by atoms with Gasteiger partial charge in [-0.1, -0.05) is 66.6 Å². The molecule has 0 aromatic rings. The molecule has 1 atom stereocenters. The zero-order chi connectivity index (χ0) is 15.5. The molecule has 0 heteroatoms. The molecular weight excluding hydrogens is 156 g/mol. The molecule has 0 nitrogen and oxygen atoms in total. The normalized spacial score (nSPS) is 25.4. The van der Waals surface area contributed by atoms with E-state index in [9.17, 15) is 0 Å². The second-order valence-corrected chi connectivity index (χ2v) is 4.38. The Morgan fingerprint density at radius 3 is 2.31 bits per heavy atom. The molecule has 0 fully saturated rings. The molecule has 0 radical (unpaired) electrons. The first-order valence-electron chi connectivity index (χ1n) is 8.36. The Hall–Kier alpha value is 0. The van der Waals surface area contributed by atoms with E-state index in [4.69, 9.17) is 8.22 Å². The van der Waals surface area contributed by atoms with Gasteiger partial charge in [0.05, 0.1) is 0 Å². The third-order valence-electron chi connectivity index (χ3n) is 2.10. The molecule has 0 spiro atoms. The standard InChI is InChI=1S/C13H28/c1-11(2)9-7-6-8-10-13(5)12(3)4/h11-13H,6-10H2,1-5H3/i5D3,10D2,13D. The first-order chi connectivity index (χ1) is 8.36. The van der Waals surface area contributed by atoms with Crippen molar-refractivity contribution in [3.05, 3.63) is 0 Å². The van der Waals surface area contributed by atoms with E-state index in [1.165, 1.54) is 0 Å². The van der Waals surface area contributed by atoms with Crippen molar-refractivity contribution in [1.29, 1.82) is 0 Å². The van der Waals surface area contributed by atoms with Gasteiger partial charge in [0.2, 0.25) is 0 Å². The molecule has 0 aromatic carbocycles. The highest BCUT2D eigenvalue weighted by Crippen LogP contribution is 2.18. The van der Waals surface area contributed by atoms with Crippen LogP contribution in [-0.2, 0) is 0 Å². The molecule has 0 saturated heterocycles. The van der Waals surface area contributed by atoms with Gasteiger partial charge >= 0.3 is 0 Å². The SMILES string of the molecule is [2H]C([2H])([2H])C([2H])(C(C)C)C([2H])([2H])CCCCC(C)C. The highest BCUT2D eigenvalue weighted by molar-refractivity contribution is 4.57. The van der Waals surface area contributed by atoms with Crippen LogP contribution in [0.15, 0.2) is 0 Å². The molecule has 0 heterocycles. The molecule has 0 aromatic heterocycles. The van der Waals surface area contributed by atoms with Gasteiger partial charge in [0, 0.05) is 8.22 Å². The summed E-state index contributed by atoms with van der Waals surface area (Å²) in [5, 5.41) is 0. The van der Waals surface area contributed by atoms with Crippen LogP contribution in [0.5, 0.6) is 0 Å². The largest absolute Gasteiger partial charge is 0.0628 e. The quantitative estimate of drug-likeness (QED) is 0.502. The lowest BCUT2D eigenvalue weighted by molar-refractivity contribution is 0.372. The summed E-state index contributed by atoms with van der Waals surface area (Å²) < 4.78 is 46.9.